The highest BCUT2D eigenvalue weighted by molar-refractivity contribution is 6.04. The molecule has 2 amide bonds. The molecule has 7 heteroatoms. The molecule has 0 radical (unpaired) electrons. The van der Waals surface area contributed by atoms with Crippen LogP contribution in [0.25, 0.3) is 0 Å². The number of amides is 2. The van der Waals surface area contributed by atoms with Gasteiger partial charge in [0.05, 0.1) is 17.9 Å². The summed E-state index contributed by atoms with van der Waals surface area (Å²) in [7, 11) is 0. The van der Waals surface area contributed by atoms with Crippen LogP contribution in [0.3, 0.4) is 0 Å². The van der Waals surface area contributed by atoms with E-state index in [-0.39, 0.29) is 25.2 Å². The number of nitrogens with zero attached hydrogens (tertiary/aromatic N) is 1. The molecule has 0 saturated heterocycles. The Balaban J connectivity index is 1.53. The summed E-state index contributed by atoms with van der Waals surface area (Å²) in [6, 6.07) is 12.2. The maximum atomic E-state index is 12.7. The Morgan fingerprint density at radius 1 is 1.20 bits per heavy atom. The van der Waals surface area contributed by atoms with Gasteiger partial charge in [0.25, 0.3) is 0 Å². The molecule has 2 aromatic rings. The van der Waals surface area contributed by atoms with Crippen molar-refractivity contribution in [1.82, 2.24) is 0 Å². The van der Waals surface area contributed by atoms with Gasteiger partial charge >= 0.3 is 0 Å². The second-order valence-corrected chi connectivity index (χ2v) is 5.93. The number of anilines is 3. The van der Waals surface area contributed by atoms with Crippen molar-refractivity contribution in [3.8, 4) is 11.5 Å². The molecular weight excluding hydrogens is 322 g/mol. The van der Waals surface area contributed by atoms with Crippen LogP contribution in [-0.2, 0) is 9.59 Å². The van der Waals surface area contributed by atoms with Gasteiger partial charge < -0.3 is 25.0 Å². The van der Waals surface area contributed by atoms with E-state index in [1.54, 1.807) is 30.0 Å². The summed E-state index contributed by atoms with van der Waals surface area (Å²) in [5.41, 5.74) is 2.16. The Morgan fingerprint density at radius 2 is 2.00 bits per heavy atom. The highest BCUT2D eigenvalue weighted by atomic mass is 16.7. The van der Waals surface area contributed by atoms with Crippen LogP contribution < -0.4 is 25.0 Å². The minimum atomic E-state index is -0.516. The normalized spacial score (nSPS) is 16.0. The van der Waals surface area contributed by atoms with E-state index in [1.807, 2.05) is 24.3 Å². The standard InChI is InChI=1S/C18H17N3O4/c1-11(21-9-17(22)20-13-4-2-3-5-14(13)21)18(23)19-12-6-7-15-16(8-12)25-10-24-15/h2-8,11H,9-10H2,1H3,(H,19,23)(H,20,22)/t11-/m1/s1. The van der Waals surface area contributed by atoms with Crippen molar-refractivity contribution in [1.29, 1.82) is 0 Å². The van der Waals surface area contributed by atoms with Crippen molar-refractivity contribution in [3.63, 3.8) is 0 Å². The van der Waals surface area contributed by atoms with Crippen LogP contribution in [0.4, 0.5) is 17.1 Å². The number of carbonyl (C=O) groups is 2. The molecule has 2 aromatic carbocycles. The molecule has 0 spiro atoms. The van der Waals surface area contributed by atoms with Crippen molar-refractivity contribution in [3.05, 3.63) is 42.5 Å². The van der Waals surface area contributed by atoms with Crippen LogP contribution in [0.2, 0.25) is 0 Å². The van der Waals surface area contributed by atoms with Gasteiger partial charge in [0.15, 0.2) is 11.5 Å². The van der Waals surface area contributed by atoms with Gasteiger partial charge in [-0.1, -0.05) is 12.1 Å². The van der Waals surface area contributed by atoms with Crippen LogP contribution in [0.5, 0.6) is 11.5 Å². The first kappa shape index (κ1) is 15.3. The number of benzene rings is 2. The topological polar surface area (TPSA) is 79.9 Å². The number of hydrogen-bond donors (Lipinski definition) is 2. The Kier molecular flexibility index (Phi) is 3.68. The van der Waals surface area contributed by atoms with E-state index in [4.69, 9.17) is 9.47 Å². The maximum Gasteiger partial charge on any atom is 0.246 e. The predicted octanol–water partition coefficient (Wildman–Crippen LogP) is 2.20. The molecular formula is C18H17N3O4. The summed E-state index contributed by atoms with van der Waals surface area (Å²) in [6.07, 6.45) is 0. The summed E-state index contributed by atoms with van der Waals surface area (Å²) in [4.78, 5) is 26.4. The Labute approximate surface area is 144 Å². The zero-order valence-corrected chi connectivity index (χ0v) is 13.6. The fraction of sp³-hybridized carbons (Fsp3) is 0.222. The largest absolute Gasteiger partial charge is 0.454 e. The highest BCUT2D eigenvalue weighted by Crippen LogP contribution is 2.35. The smallest absolute Gasteiger partial charge is 0.246 e. The molecule has 128 valence electrons. The third-order valence-corrected chi connectivity index (χ3v) is 4.29. The molecule has 2 aliphatic rings. The van der Waals surface area contributed by atoms with E-state index >= 15 is 0 Å². The van der Waals surface area contributed by atoms with Crippen LogP contribution in [0, 0.1) is 0 Å². The molecule has 0 aliphatic carbocycles. The molecule has 0 aromatic heterocycles. The van der Waals surface area contributed by atoms with Gasteiger partial charge in [-0.15, -0.1) is 0 Å². The number of fused-ring (bicyclic) bond motifs is 2. The van der Waals surface area contributed by atoms with Gasteiger partial charge in [0.2, 0.25) is 18.6 Å². The fourth-order valence-corrected chi connectivity index (χ4v) is 2.97. The molecule has 0 unspecified atom stereocenters. The van der Waals surface area contributed by atoms with Gasteiger partial charge in [0, 0.05) is 11.8 Å². The molecule has 0 saturated carbocycles. The number of rotatable bonds is 3. The number of para-hydroxylation sites is 2. The lowest BCUT2D eigenvalue weighted by Gasteiger charge is -2.34. The monoisotopic (exact) mass is 339 g/mol. The summed E-state index contributed by atoms with van der Waals surface area (Å²) in [5, 5.41) is 5.69. The first-order chi connectivity index (χ1) is 12.1. The van der Waals surface area contributed by atoms with Crippen LogP contribution in [-0.4, -0.2) is 31.2 Å². The van der Waals surface area contributed by atoms with Gasteiger partial charge in [-0.2, -0.15) is 0 Å². The Hall–Kier alpha value is -3.22. The van der Waals surface area contributed by atoms with Crippen molar-refractivity contribution < 1.29 is 19.1 Å². The molecule has 2 aliphatic heterocycles. The first-order valence-corrected chi connectivity index (χ1v) is 7.98. The average Bonchev–Trinajstić information content (AvgIpc) is 3.08. The lowest BCUT2D eigenvalue weighted by Crippen LogP contribution is -2.48. The summed E-state index contributed by atoms with van der Waals surface area (Å²) < 4.78 is 10.6. The Bertz CT molecular complexity index is 852. The molecule has 2 heterocycles. The molecule has 7 nitrogen and oxygen atoms in total. The van der Waals surface area contributed by atoms with E-state index in [2.05, 4.69) is 10.6 Å². The molecule has 0 fully saturated rings. The van der Waals surface area contributed by atoms with Gasteiger partial charge in [-0.05, 0) is 31.2 Å². The lowest BCUT2D eigenvalue weighted by molar-refractivity contribution is -0.117. The lowest BCUT2D eigenvalue weighted by atomic mass is 10.1. The van der Waals surface area contributed by atoms with E-state index in [1.165, 1.54) is 0 Å². The zero-order chi connectivity index (χ0) is 17.4. The Morgan fingerprint density at radius 3 is 2.88 bits per heavy atom. The third kappa shape index (κ3) is 2.84. The van der Waals surface area contributed by atoms with E-state index in [9.17, 15) is 9.59 Å². The number of nitrogens with one attached hydrogen (secondary N) is 2. The van der Waals surface area contributed by atoms with Crippen molar-refractivity contribution in [2.45, 2.75) is 13.0 Å². The minimum absolute atomic E-state index is 0.132. The summed E-state index contributed by atoms with van der Waals surface area (Å²) >= 11 is 0. The van der Waals surface area contributed by atoms with Crippen molar-refractivity contribution in [2.24, 2.45) is 0 Å². The van der Waals surface area contributed by atoms with Crippen molar-refractivity contribution >= 4 is 28.9 Å². The average molecular weight is 339 g/mol. The number of carbonyl (C=O) groups excluding carboxylic acids is 2. The summed E-state index contributed by atoms with van der Waals surface area (Å²) in [6.45, 7) is 2.09. The summed E-state index contributed by atoms with van der Waals surface area (Å²) in [5.74, 6) is 0.922. The van der Waals surface area contributed by atoms with Crippen LogP contribution in [0.1, 0.15) is 6.92 Å². The van der Waals surface area contributed by atoms with Gasteiger partial charge in [-0.25, -0.2) is 0 Å². The second-order valence-electron chi connectivity index (χ2n) is 5.93. The fourth-order valence-electron chi connectivity index (χ4n) is 2.97. The predicted molar refractivity (Wildman–Crippen MR) is 93.1 cm³/mol. The van der Waals surface area contributed by atoms with Crippen molar-refractivity contribution in [2.75, 3.05) is 28.9 Å². The highest BCUT2D eigenvalue weighted by Gasteiger charge is 2.29. The van der Waals surface area contributed by atoms with Crippen LogP contribution in [0.15, 0.2) is 42.5 Å². The van der Waals surface area contributed by atoms with Gasteiger partial charge in [0.1, 0.15) is 6.04 Å². The molecule has 2 N–H and O–H groups in total. The molecule has 0 bridgehead atoms. The SMILES string of the molecule is C[C@H](C(=O)Nc1ccc2c(c1)OCO2)N1CC(=O)Nc2ccccc21. The van der Waals surface area contributed by atoms with Gasteiger partial charge in [-0.3, -0.25) is 9.59 Å². The molecule has 1 atom stereocenters. The van der Waals surface area contributed by atoms with Crippen LogP contribution >= 0.6 is 0 Å². The van der Waals surface area contributed by atoms with E-state index in [0.29, 0.717) is 22.9 Å². The maximum absolute atomic E-state index is 12.7. The first-order valence-electron chi connectivity index (χ1n) is 7.98. The molecule has 25 heavy (non-hydrogen) atoms. The number of ether oxygens (including phenoxy) is 2. The minimum Gasteiger partial charge on any atom is -0.454 e. The second kappa shape index (κ2) is 6.01. The van der Waals surface area contributed by atoms with E-state index in [0.717, 1.165) is 5.69 Å². The third-order valence-electron chi connectivity index (χ3n) is 4.29. The molecule has 4 rings (SSSR count). The number of hydrogen-bond acceptors (Lipinski definition) is 5. The quantitative estimate of drug-likeness (QED) is 0.896. The zero-order valence-electron chi connectivity index (χ0n) is 13.6. The van der Waals surface area contributed by atoms with E-state index < -0.39 is 6.04 Å².